The van der Waals surface area contributed by atoms with Gasteiger partial charge in [0.25, 0.3) is 0 Å². The molecule has 0 radical (unpaired) electrons. The summed E-state index contributed by atoms with van der Waals surface area (Å²) < 4.78 is 0. The highest BCUT2D eigenvalue weighted by atomic mass is 16.2. The molecule has 0 bridgehead atoms. The first kappa shape index (κ1) is 16.3. The summed E-state index contributed by atoms with van der Waals surface area (Å²) in [5.41, 5.74) is 5.52. The Hall–Kier alpha value is -1.06. The summed E-state index contributed by atoms with van der Waals surface area (Å²) in [6.07, 6.45) is 6.90. The minimum Gasteiger partial charge on any atom is -0.396 e. The molecule has 0 atom stereocenters. The minimum atomic E-state index is 0.262. The lowest BCUT2D eigenvalue weighted by Crippen LogP contribution is -2.29. The van der Waals surface area contributed by atoms with E-state index < -0.39 is 0 Å². The molecule has 2 rings (SSSR count). The summed E-state index contributed by atoms with van der Waals surface area (Å²) in [4.78, 5) is 0. The molecule has 0 saturated heterocycles. The topological polar surface area (TPSA) is 44.3 Å². The molecule has 1 aromatic carbocycles. The van der Waals surface area contributed by atoms with Crippen molar-refractivity contribution < 1.29 is 5.11 Å². The normalized spacial score (nSPS) is 22.3. The first-order chi connectivity index (χ1) is 10.2. The maximum absolute atomic E-state index is 9.04. The quantitative estimate of drug-likeness (QED) is 0.754. The van der Waals surface area contributed by atoms with Crippen LogP contribution in [0.25, 0.3) is 0 Å². The van der Waals surface area contributed by atoms with Crippen molar-refractivity contribution in [2.75, 3.05) is 26.0 Å². The molecule has 3 heteroatoms. The van der Waals surface area contributed by atoms with E-state index in [0.29, 0.717) is 12.0 Å². The third-order valence-corrected chi connectivity index (χ3v) is 5.02. The Morgan fingerprint density at radius 3 is 2.43 bits per heavy atom. The SMILES string of the molecule is CNc1c(CCCO)ccc(C2CCC(NC)CC2)c1C. The third kappa shape index (κ3) is 3.78. The molecule has 21 heavy (non-hydrogen) atoms. The Balaban J connectivity index is 2.17. The number of anilines is 1. The number of rotatable bonds is 6. The van der Waals surface area contributed by atoms with Gasteiger partial charge in [-0.25, -0.2) is 0 Å². The van der Waals surface area contributed by atoms with Gasteiger partial charge in [-0.05, 0) is 75.1 Å². The van der Waals surface area contributed by atoms with Gasteiger partial charge in [0, 0.05) is 25.4 Å². The lowest BCUT2D eigenvalue weighted by molar-refractivity contribution is 0.288. The summed E-state index contributed by atoms with van der Waals surface area (Å²) in [5.74, 6) is 0.702. The van der Waals surface area contributed by atoms with Crippen LogP contribution in [0.3, 0.4) is 0 Å². The van der Waals surface area contributed by atoms with Crippen molar-refractivity contribution in [2.24, 2.45) is 0 Å². The highest BCUT2D eigenvalue weighted by Gasteiger charge is 2.23. The van der Waals surface area contributed by atoms with Gasteiger partial charge in [0.2, 0.25) is 0 Å². The van der Waals surface area contributed by atoms with E-state index >= 15 is 0 Å². The number of aryl methyl sites for hydroxylation is 1. The predicted molar refractivity (Wildman–Crippen MR) is 90.2 cm³/mol. The van der Waals surface area contributed by atoms with Crippen LogP contribution >= 0.6 is 0 Å². The van der Waals surface area contributed by atoms with Crippen molar-refractivity contribution in [1.29, 1.82) is 0 Å². The van der Waals surface area contributed by atoms with Crippen molar-refractivity contribution in [3.8, 4) is 0 Å². The maximum Gasteiger partial charge on any atom is 0.0434 e. The molecule has 3 nitrogen and oxygen atoms in total. The first-order valence-corrected chi connectivity index (χ1v) is 8.29. The van der Waals surface area contributed by atoms with E-state index in [2.05, 4.69) is 36.7 Å². The number of aliphatic hydroxyl groups excluding tert-OH is 1. The number of hydrogen-bond acceptors (Lipinski definition) is 3. The van der Waals surface area contributed by atoms with Crippen LogP contribution in [-0.2, 0) is 6.42 Å². The molecule has 1 aromatic rings. The van der Waals surface area contributed by atoms with Crippen molar-refractivity contribution in [3.05, 3.63) is 28.8 Å². The summed E-state index contributed by atoms with van der Waals surface area (Å²) in [7, 11) is 4.08. The fraction of sp³-hybridized carbons (Fsp3) is 0.667. The molecular weight excluding hydrogens is 260 g/mol. The molecule has 0 spiro atoms. The molecule has 1 aliphatic carbocycles. The second-order valence-electron chi connectivity index (χ2n) is 6.23. The second-order valence-corrected chi connectivity index (χ2v) is 6.23. The fourth-order valence-electron chi connectivity index (χ4n) is 3.75. The lowest BCUT2D eigenvalue weighted by Gasteiger charge is -2.30. The van der Waals surface area contributed by atoms with Gasteiger partial charge in [-0.15, -0.1) is 0 Å². The molecular formula is C18H30N2O. The van der Waals surface area contributed by atoms with Crippen molar-refractivity contribution in [3.63, 3.8) is 0 Å². The number of benzene rings is 1. The Bertz CT molecular complexity index is 451. The van der Waals surface area contributed by atoms with E-state index in [1.165, 1.54) is 48.1 Å². The van der Waals surface area contributed by atoms with Crippen LogP contribution in [0.1, 0.15) is 54.7 Å². The van der Waals surface area contributed by atoms with Gasteiger partial charge in [0.05, 0.1) is 0 Å². The van der Waals surface area contributed by atoms with Gasteiger partial charge in [-0.1, -0.05) is 12.1 Å². The molecule has 0 heterocycles. The van der Waals surface area contributed by atoms with Crippen LogP contribution in [-0.4, -0.2) is 31.9 Å². The zero-order valence-corrected chi connectivity index (χ0v) is 13.7. The molecule has 1 aliphatic rings. The molecule has 1 saturated carbocycles. The lowest BCUT2D eigenvalue weighted by atomic mass is 9.79. The van der Waals surface area contributed by atoms with E-state index in [0.717, 1.165) is 12.8 Å². The van der Waals surface area contributed by atoms with Gasteiger partial charge < -0.3 is 15.7 Å². The van der Waals surface area contributed by atoms with E-state index in [1.54, 1.807) is 0 Å². The van der Waals surface area contributed by atoms with Gasteiger partial charge in [-0.3, -0.25) is 0 Å². The number of nitrogens with one attached hydrogen (secondary N) is 2. The molecule has 0 amide bonds. The van der Waals surface area contributed by atoms with Crippen LogP contribution in [0.2, 0.25) is 0 Å². The Kier molecular flexibility index (Phi) is 6.07. The molecule has 118 valence electrons. The highest BCUT2D eigenvalue weighted by molar-refractivity contribution is 5.60. The summed E-state index contributed by atoms with van der Waals surface area (Å²) in [6.45, 7) is 2.51. The highest BCUT2D eigenvalue weighted by Crippen LogP contribution is 2.37. The van der Waals surface area contributed by atoms with E-state index in [-0.39, 0.29) is 6.61 Å². The molecule has 0 aliphatic heterocycles. The Morgan fingerprint density at radius 2 is 1.86 bits per heavy atom. The van der Waals surface area contributed by atoms with Crippen LogP contribution in [0.5, 0.6) is 0 Å². The average molecular weight is 290 g/mol. The van der Waals surface area contributed by atoms with Crippen molar-refractivity contribution in [2.45, 2.75) is 57.4 Å². The van der Waals surface area contributed by atoms with E-state index in [9.17, 15) is 0 Å². The fourth-order valence-corrected chi connectivity index (χ4v) is 3.75. The summed E-state index contributed by atoms with van der Waals surface area (Å²) in [5, 5.41) is 15.8. The molecule has 0 unspecified atom stereocenters. The summed E-state index contributed by atoms with van der Waals surface area (Å²) >= 11 is 0. The van der Waals surface area contributed by atoms with E-state index in [4.69, 9.17) is 5.11 Å². The van der Waals surface area contributed by atoms with Gasteiger partial charge in [-0.2, -0.15) is 0 Å². The smallest absolute Gasteiger partial charge is 0.0434 e. The zero-order valence-electron chi connectivity index (χ0n) is 13.7. The Labute approximate surface area is 129 Å². The second kappa shape index (κ2) is 7.81. The standard InChI is InChI=1S/C18H30N2O/c1-13-17(14-6-9-16(19-2)10-7-14)11-8-15(5-4-12-21)18(13)20-3/h8,11,14,16,19-21H,4-7,9-10,12H2,1-3H3. The van der Waals surface area contributed by atoms with Gasteiger partial charge in [0.1, 0.15) is 0 Å². The van der Waals surface area contributed by atoms with Crippen LogP contribution in [0.15, 0.2) is 12.1 Å². The maximum atomic E-state index is 9.04. The van der Waals surface area contributed by atoms with Gasteiger partial charge >= 0.3 is 0 Å². The molecule has 0 aromatic heterocycles. The molecule has 3 N–H and O–H groups in total. The van der Waals surface area contributed by atoms with E-state index in [1.807, 2.05) is 7.05 Å². The Morgan fingerprint density at radius 1 is 1.14 bits per heavy atom. The predicted octanol–water partition coefficient (Wildman–Crippen LogP) is 3.21. The zero-order chi connectivity index (χ0) is 15.2. The molecule has 1 fully saturated rings. The monoisotopic (exact) mass is 290 g/mol. The van der Waals surface area contributed by atoms with Gasteiger partial charge in [0.15, 0.2) is 0 Å². The average Bonchev–Trinajstić information content (AvgIpc) is 2.53. The van der Waals surface area contributed by atoms with Crippen molar-refractivity contribution >= 4 is 5.69 Å². The number of hydrogen-bond donors (Lipinski definition) is 3. The summed E-state index contributed by atoms with van der Waals surface area (Å²) in [6, 6.07) is 5.29. The van der Waals surface area contributed by atoms with Crippen molar-refractivity contribution in [1.82, 2.24) is 5.32 Å². The number of aliphatic hydroxyl groups is 1. The van der Waals surface area contributed by atoms with Crippen LogP contribution < -0.4 is 10.6 Å². The largest absolute Gasteiger partial charge is 0.396 e. The third-order valence-electron chi connectivity index (χ3n) is 5.02. The first-order valence-electron chi connectivity index (χ1n) is 8.29. The van der Waals surface area contributed by atoms with Crippen LogP contribution in [0.4, 0.5) is 5.69 Å². The van der Waals surface area contributed by atoms with Crippen LogP contribution in [0, 0.1) is 6.92 Å². The minimum absolute atomic E-state index is 0.262.